The molecule has 0 aromatic carbocycles. The highest BCUT2D eigenvalue weighted by atomic mass is 16.5. The smallest absolute Gasteiger partial charge is 0.0794 e. The Labute approximate surface area is 116 Å². The zero-order valence-corrected chi connectivity index (χ0v) is 12.1. The molecule has 0 aromatic rings. The molecular weight excluding hydrogens is 238 g/mol. The number of hydrogen-bond acceptors (Lipinski definition) is 4. The van der Waals surface area contributed by atoms with E-state index in [1.54, 1.807) is 7.11 Å². The Bertz CT molecular complexity index is 368. The van der Waals surface area contributed by atoms with Crippen molar-refractivity contribution in [3.05, 3.63) is 11.8 Å². The van der Waals surface area contributed by atoms with Gasteiger partial charge >= 0.3 is 0 Å². The van der Waals surface area contributed by atoms with Crippen LogP contribution in [0.1, 0.15) is 26.2 Å². The first-order valence-corrected chi connectivity index (χ1v) is 7.53. The van der Waals surface area contributed by atoms with E-state index < -0.39 is 0 Å². The van der Waals surface area contributed by atoms with E-state index in [9.17, 15) is 0 Å². The summed E-state index contributed by atoms with van der Waals surface area (Å²) in [7, 11) is 1.76. The molecule has 2 heterocycles. The van der Waals surface area contributed by atoms with Crippen LogP contribution in [0.3, 0.4) is 0 Å². The van der Waals surface area contributed by atoms with Crippen LogP contribution in [0, 0.1) is 0 Å². The molecule has 4 heteroatoms. The van der Waals surface area contributed by atoms with Crippen molar-refractivity contribution in [3.63, 3.8) is 0 Å². The van der Waals surface area contributed by atoms with E-state index in [1.165, 1.54) is 31.6 Å². The molecule has 2 aliphatic heterocycles. The highest BCUT2D eigenvalue weighted by Crippen LogP contribution is 2.28. The zero-order chi connectivity index (χ0) is 13.2. The first-order valence-electron chi connectivity index (χ1n) is 7.53. The van der Waals surface area contributed by atoms with Gasteiger partial charge < -0.3 is 9.64 Å². The van der Waals surface area contributed by atoms with Crippen LogP contribution in [0.25, 0.3) is 0 Å². The maximum atomic E-state index is 5.35. The van der Waals surface area contributed by atoms with Crippen molar-refractivity contribution in [1.82, 2.24) is 9.80 Å². The van der Waals surface area contributed by atoms with E-state index in [0.717, 1.165) is 25.6 Å². The van der Waals surface area contributed by atoms with Crippen molar-refractivity contribution in [2.24, 2.45) is 4.99 Å². The van der Waals surface area contributed by atoms with Crippen LogP contribution in [-0.4, -0.2) is 67.5 Å². The fraction of sp³-hybridized carbons (Fsp3) is 0.800. The third-order valence-electron chi connectivity index (χ3n) is 4.62. The van der Waals surface area contributed by atoms with Crippen LogP contribution in [0.5, 0.6) is 0 Å². The van der Waals surface area contributed by atoms with E-state index in [-0.39, 0.29) is 6.10 Å². The Morgan fingerprint density at radius 1 is 1.26 bits per heavy atom. The summed E-state index contributed by atoms with van der Waals surface area (Å²) in [6.45, 7) is 6.83. The molecule has 2 fully saturated rings. The van der Waals surface area contributed by atoms with Gasteiger partial charge in [-0.15, -0.1) is 0 Å². The summed E-state index contributed by atoms with van der Waals surface area (Å²) in [6, 6.07) is 1.20. The third kappa shape index (κ3) is 3.00. The molecule has 1 saturated heterocycles. The minimum absolute atomic E-state index is 0.209. The fourth-order valence-electron chi connectivity index (χ4n) is 2.99. The van der Waals surface area contributed by atoms with Crippen molar-refractivity contribution >= 4 is 6.21 Å². The maximum Gasteiger partial charge on any atom is 0.0794 e. The summed E-state index contributed by atoms with van der Waals surface area (Å²) in [5.74, 6) is 0. The summed E-state index contributed by atoms with van der Waals surface area (Å²) in [5, 5.41) is 0. The summed E-state index contributed by atoms with van der Waals surface area (Å²) < 4.78 is 5.35. The van der Waals surface area contributed by atoms with Crippen molar-refractivity contribution in [2.45, 2.75) is 44.4 Å². The normalized spacial score (nSPS) is 30.3. The lowest BCUT2D eigenvalue weighted by atomic mass is 10.1. The second kappa shape index (κ2) is 5.63. The number of ether oxygens (including phenoxy) is 1. The predicted octanol–water partition coefficient (Wildman–Crippen LogP) is 1.53. The quantitative estimate of drug-likeness (QED) is 0.770. The highest BCUT2D eigenvalue weighted by Gasteiger charge is 2.31. The van der Waals surface area contributed by atoms with Gasteiger partial charge in [0.1, 0.15) is 0 Å². The summed E-state index contributed by atoms with van der Waals surface area (Å²) in [4.78, 5) is 9.78. The molecule has 19 heavy (non-hydrogen) atoms. The van der Waals surface area contributed by atoms with Crippen LogP contribution in [0.4, 0.5) is 0 Å². The van der Waals surface area contributed by atoms with E-state index in [4.69, 9.17) is 4.74 Å². The maximum absolute atomic E-state index is 5.35. The zero-order valence-electron chi connectivity index (χ0n) is 12.1. The third-order valence-corrected chi connectivity index (χ3v) is 4.62. The van der Waals surface area contributed by atoms with Crippen LogP contribution < -0.4 is 0 Å². The molecule has 1 saturated carbocycles. The number of dihydropyridines is 1. The number of rotatable bonds is 4. The van der Waals surface area contributed by atoms with Crippen molar-refractivity contribution < 1.29 is 4.74 Å². The molecule has 0 aromatic heterocycles. The molecule has 0 spiro atoms. The lowest BCUT2D eigenvalue weighted by Gasteiger charge is -2.37. The molecule has 0 amide bonds. The van der Waals surface area contributed by atoms with Crippen molar-refractivity contribution in [1.29, 1.82) is 0 Å². The summed E-state index contributed by atoms with van der Waals surface area (Å²) >= 11 is 0. The van der Waals surface area contributed by atoms with Crippen LogP contribution in [0.2, 0.25) is 0 Å². The SMILES string of the molecule is CO[C@@H](C)C1CC=C(N2CCN(C3CC3)CC2)C=N1. The van der Waals surface area contributed by atoms with Gasteiger partial charge in [-0.2, -0.15) is 0 Å². The number of aliphatic imine (C=N–C) groups is 1. The Hall–Kier alpha value is -0.870. The number of allylic oxidation sites excluding steroid dienone is 1. The predicted molar refractivity (Wildman–Crippen MR) is 77.6 cm³/mol. The van der Waals surface area contributed by atoms with Gasteiger partial charge in [-0.05, 0) is 26.2 Å². The van der Waals surface area contributed by atoms with Gasteiger partial charge in [-0.3, -0.25) is 9.89 Å². The Morgan fingerprint density at radius 2 is 2.00 bits per heavy atom. The molecule has 106 valence electrons. The molecular formula is C15H25N3O. The lowest BCUT2D eigenvalue weighted by molar-refractivity contribution is 0.0961. The Kier molecular flexibility index (Phi) is 3.89. The minimum atomic E-state index is 0.209. The molecule has 1 aliphatic carbocycles. The second-order valence-electron chi connectivity index (χ2n) is 5.91. The molecule has 1 unspecified atom stereocenters. The Morgan fingerprint density at radius 3 is 2.53 bits per heavy atom. The van der Waals surface area contributed by atoms with Gasteiger partial charge in [-0.25, -0.2) is 0 Å². The average molecular weight is 263 g/mol. The van der Waals surface area contributed by atoms with Crippen LogP contribution in [-0.2, 0) is 4.74 Å². The first kappa shape index (κ1) is 13.1. The topological polar surface area (TPSA) is 28.1 Å². The number of nitrogens with zero attached hydrogens (tertiary/aromatic N) is 3. The molecule has 4 nitrogen and oxygen atoms in total. The number of piperazine rings is 1. The number of methoxy groups -OCH3 is 1. The summed E-state index contributed by atoms with van der Waals surface area (Å²) in [5.41, 5.74) is 1.31. The van der Waals surface area contributed by atoms with Gasteiger partial charge in [0.25, 0.3) is 0 Å². The van der Waals surface area contributed by atoms with E-state index >= 15 is 0 Å². The second-order valence-corrected chi connectivity index (χ2v) is 5.91. The molecule has 2 atom stereocenters. The van der Waals surface area contributed by atoms with Gasteiger partial charge in [0, 0.05) is 45.5 Å². The molecule has 0 N–H and O–H groups in total. The molecule has 3 rings (SSSR count). The van der Waals surface area contributed by atoms with Gasteiger partial charge in [0.2, 0.25) is 0 Å². The van der Waals surface area contributed by atoms with Gasteiger partial charge in [0.05, 0.1) is 17.8 Å². The largest absolute Gasteiger partial charge is 0.380 e. The highest BCUT2D eigenvalue weighted by molar-refractivity contribution is 5.78. The first-order chi connectivity index (χ1) is 9.28. The Balaban J connectivity index is 1.51. The fourth-order valence-corrected chi connectivity index (χ4v) is 2.99. The van der Waals surface area contributed by atoms with Crippen LogP contribution in [0.15, 0.2) is 16.8 Å². The monoisotopic (exact) mass is 263 g/mol. The van der Waals surface area contributed by atoms with Gasteiger partial charge in [-0.1, -0.05) is 6.08 Å². The standard InChI is InChI=1S/C15H25N3O/c1-12(19-2)15-6-5-14(11-16-15)18-9-7-17(8-10-18)13-3-4-13/h5,11-13,15H,3-4,6-10H2,1-2H3/t12-,15?/m0/s1. The summed E-state index contributed by atoms with van der Waals surface area (Å²) in [6.07, 6.45) is 8.43. The van der Waals surface area contributed by atoms with E-state index in [1.807, 2.05) is 0 Å². The van der Waals surface area contributed by atoms with Crippen molar-refractivity contribution in [3.8, 4) is 0 Å². The number of hydrogen-bond donors (Lipinski definition) is 0. The minimum Gasteiger partial charge on any atom is -0.380 e. The van der Waals surface area contributed by atoms with E-state index in [0.29, 0.717) is 6.04 Å². The van der Waals surface area contributed by atoms with Gasteiger partial charge in [0.15, 0.2) is 0 Å². The van der Waals surface area contributed by atoms with Crippen LogP contribution >= 0.6 is 0 Å². The molecule has 3 aliphatic rings. The lowest BCUT2D eigenvalue weighted by Crippen LogP contribution is -2.47. The molecule has 0 radical (unpaired) electrons. The van der Waals surface area contributed by atoms with Crippen molar-refractivity contribution in [2.75, 3.05) is 33.3 Å². The van der Waals surface area contributed by atoms with E-state index in [2.05, 4.69) is 34.0 Å². The average Bonchev–Trinajstić information content (AvgIpc) is 3.31. The molecule has 0 bridgehead atoms.